The molecule has 0 saturated heterocycles. The number of nitrogens with zero attached hydrogens (tertiary/aromatic N) is 1. The van der Waals surface area contributed by atoms with Crippen LogP contribution in [0.1, 0.15) is 25.1 Å². The van der Waals surface area contributed by atoms with Gasteiger partial charge in [-0.15, -0.1) is 5.48 Å². The Morgan fingerprint density at radius 3 is 2.86 bits per heavy atom. The van der Waals surface area contributed by atoms with Crippen molar-refractivity contribution in [3.8, 4) is 0 Å². The Kier molecular flexibility index (Phi) is 4.03. The number of rotatable bonds is 4. The highest BCUT2D eigenvalue weighted by Crippen LogP contribution is 2.04. The third kappa shape index (κ3) is 3.12. The lowest BCUT2D eigenvalue weighted by molar-refractivity contribution is -0.152. The molecular formula is C9H13N3O2. The molecule has 1 unspecified atom stereocenters. The molecule has 1 atom stereocenters. The van der Waals surface area contributed by atoms with Crippen LogP contribution < -0.4 is 11.2 Å². The van der Waals surface area contributed by atoms with Gasteiger partial charge in [0.2, 0.25) is 0 Å². The van der Waals surface area contributed by atoms with Gasteiger partial charge in [0, 0.05) is 18.8 Å². The molecule has 0 saturated carbocycles. The van der Waals surface area contributed by atoms with E-state index in [-0.39, 0.29) is 5.97 Å². The molecule has 0 spiro atoms. The number of pyridine rings is 1. The summed E-state index contributed by atoms with van der Waals surface area (Å²) in [6.07, 6.45) is 3.04. The van der Waals surface area contributed by atoms with Gasteiger partial charge in [-0.3, -0.25) is 9.78 Å². The Labute approximate surface area is 82.2 Å². The molecule has 0 amide bonds. The number of nitrogens with two attached hydrogens (primary N) is 1. The van der Waals surface area contributed by atoms with Crippen LogP contribution in [0, 0.1) is 0 Å². The van der Waals surface area contributed by atoms with Gasteiger partial charge in [-0.2, -0.15) is 0 Å². The van der Waals surface area contributed by atoms with Crippen molar-refractivity contribution < 1.29 is 9.63 Å². The lowest BCUT2D eigenvalue weighted by atomic mass is 10.2. The predicted octanol–water partition coefficient (Wildman–Crippen LogP) is 0.497. The largest absolute Gasteiger partial charge is 0.369 e. The topological polar surface area (TPSA) is 77.2 Å². The molecule has 0 bridgehead atoms. The van der Waals surface area contributed by atoms with Crippen molar-refractivity contribution in [1.82, 2.24) is 10.5 Å². The van der Waals surface area contributed by atoms with Crippen LogP contribution in [0.25, 0.3) is 0 Å². The molecular weight excluding hydrogens is 182 g/mol. The summed E-state index contributed by atoms with van der Waals surface area (Å²) in [5.41, 5.74) is 8.94. The van der Waals surface area contributed by atoms with Crippen LogP contribution in [0.5, 0.6) is 0 Å². The Balaban J connectivity index is 2.43. The van der Waals surface area contributed by atoms with Crippen LogP contribution in [-0.2, 0) is 9.63 Å². The summed E-state index contributed by atoms with van der Waals surface area (Å²) in [6, 6.07) is 3.49. The number of hydroxylamine groups is 1. The van der Waals surface area contributed by atoms with Gasteiger partial charge >= 0.3 is 5.97 Å². The van der Waals surface area contributed by atoms with E-state index in [0.717, 1.165) is 5.56 Å². The average molecular weight is 195 g/mol. The van der Waals surface area contributed by atoms with E-state index in [4.69, 9.17) is 5.73 Å². The second-order valence-electron chi connectivity index (χ2n) is 2.70. The standard InChI is InChI=1S/C9H13N3O2/c1-2-8(13)14-12-9(10)7-3-5-11-6-4-7/h3-6,9,12H,2,10H2,1H3. The molecule has 5 heteroatoms. The fraction of sp³-hybridized carbons (Fsp3) is 0.333. The molecule has 3 N–H and O–H groups in total. The van der Waals surface area contributed by atoms with Crippen LogP contribution in [0.2, 0.25) is 0 Å². The van der Waals surface area contributed by atoms with E-state index in [1.165, 1.54) is 0 Å². The zero-order valence-electron chi connectivity index (χ0n) is 7.93. The Morgan fingerprint density at radius 2 is 2.29 bits per heavy atom. The molecule has 14 heavy (non-hydrogen) atoms. The minimum absolute atomic E-state index is 0.316. The molecule has 0 aliphatic carbocycles. The van der Waals surface area contributed by atoms with E-state index in [9.17, 15) is 4.79 Å². The molecule has 5 nitrogen and oxygen atoms in total. The molecule has 0 aliphatic heterocycles. The van der Waals surface area contributed by atoms with E-state index in [2.05, 4.69) is 15.3 Å². The Morgan fingerprint density at radius 1 is 1.64 bits per heavy atom. The van der Waals surface area contributed by atoms with E-state index < -0.39 is 6.17 Å². The normalized spacial score (nSPS) is 12.1. The summed E-state index contributed by atoms with van der Waals surface area (Å²) in [6.45, 7) is 1.71. The van der Waals surface area contributed by atoms with Gasteiger partial charge in [0.05, 0.1) is 0 Å². The first-order valence-electron chi connectivity index (χ1n) is 4.34. The van der Waals surface area contributed by atoms with Gasteiger partial charge < -0.3 is 10.6 Å². The zero-order valence-corrected chi connectivity index (χ0v) is 7.93. The van der Waals surface area contributed by atoms with E-state index in [1.54, 1.807) is 31.5 Å². The number of aromatic nitrogens is 1. The molecule has 0 radical (unpaired) electrons. The lowest BCUT2D eigenvalue weighted by Crippen LogP contribution is -2.30. The highest BCUT2D eigenvalue weighted by molar-refractivity contribution is 5.68. The quantitative estimate of drug-likeness (QED) is 0.540. The molecule has 0 fully saturated rings. The minimum atomic E-state index is -0.520. The van der Waals surface area contributed by atoms with Gasteiger partial charge in [-0.05, 0) is 17.7 Å². The van der Waals surface area contributed by atoms with E-state index >= 15 is 0 Å². The van der Waals surface area contributed by atoms with Crippen LogP contribution in [0.3, 0.4) is 0 Å². The van der Waals surface area contributed by atoms with Gasteiger partial charge in [0.1, 0.15) is 6.17 Å². The third-order valence-electron chi connectivity index (χ3n) is 1.65. The zero-order chi connectivity index (χ0) is 10.4. The Hall–Kier alpha value is -1.46. The molecule has 1 rings (SSSR count). The van der Waals surface area contributed by atoms with Crippen molar-refractivity contribution in [3.63, 3.8) is 0 Å². The number of nitrogens with one attached hydrogen (secondary N) is 1. The maximum absolute atomic E-state index is 10.8. The average Bonchev–Trinajstić information content (AvgIpc) is 2.26. The van der Waals surface area contributed by atoms with Crippen LogP contribution in [0.15, 0.2) is 24.5 Å². The number of hydrogen-bond acceptors (Lipinski definition) is 5. The van der Waals surface area contributed by atoms with Crippen LogP contribution in [0.4, 0.5) is 0 Å². The lowest BCUT2D eigenvalue weighted by Gasteiger charge is -2.12. The number of carbonyl (C=O) groups excluding carboxylic acids is 1. The monoisotopic (exact) mass is 195 g/mol. The van der Waals surface area contributed by atoms with Crippen molar-refractivity contribution in [2.24, 2.45) is 5.73 Å². The van der Waals surface area contributed by atoms with E-state index in [1.807, 2.05) is 0 Å². The first kappa shape index (κ1) is 10.6. The van der Waals surface area contributed by atoms with Crippen molar-refractivity contribution in [1.29, 1.82) is 0 Å². The fourth-order valence-electron chi connectivity index (χ4n) is 0.840. The van der Waals surface area contributed by atoms with Crippen LogP contribution in [-0.4, -0.2) is 11.0 Å². The summed E-state index contributed by atoms with van der Waals surface area (Å²) < 4.78 is 0. The third-order valence-corrected chi connectivity index (χ3v) is 1.65. The maximum atomic E-state index is 10.8. The minimum Gasteiger partial charge on any atom is -0.369 e. The van der Waals surface area contributed by atoms with Crippen molar-refractivity contribution in [3.05, 3.63) is 30.1 Å². The summed E-state index contributed by atoms with van der Waals surface area (Å²) in [7, 11) is 0. The second-order valence-corrected chi connectivity index (χ2v) is 2.70. The smallest absolute Gasteiger partial charge is 0.324 e. The number of hydrogen-bond donors (Lipinski definition) is 2. The van der Waals surface area contributed by atoms with Crippen molar-refractivity contribution >= 4 is 5.97 Å². The number of carbonyl (C=O) groups is 1. The molecule has 1 aromatic rings. The van der Waals surface area contributed by atoms with E-state index in [0.29, 0.717) is 6.42 Å². The van der Waals surface area contributed by atoms with Gasteiger partial charge in [-0.25, -0.2) is 0 Å². The molecule has 0 aliphatic rings. The fourth-order valence-corrected chi connectivity index (χ4v) is 0.840. The van der Waals surface area contributed by atoms with Gasteiger partial charge in [0.15, 0.2) is 0 Å². The van der Waals surface area contributed by atoms with Gasteiger partial charge in [-0.1, -0.05) is 6.92 Å². The highest BCUT2D eigenvalue weighted by atomic mass is 16.7. The van der Waals surface area contributed by atoms with Crippen LogP contribution >= 0.6 is 0 Å². The van der Waals surface area contributed by atoms with Gasteiger partial charge in [0.25, 0.3) is 0 Å². The molecule has 1 aromatic heterocycles. The molecule has 0 aromatic carbocycles. The summed E-state index contributed by atoms with van der Waals surface area (Å²) in [5.74, 6) is -0.338. The second kappa shape index (κ2) is 5.31. The Bertz CT molecular complexity index is 289. The van der Waals surface area contributed by atoms with Crippen molar-refractivity contribution in [2.45, 2.75) is 19.5 Å². The highest BCUT2D eigenvalue weighted by Gasteiger charge is 2.06. The first-order chi connectivity index (χ1) is 6.74. The predicted molar refractivity (Wildman–Crippen MR) is 50.7 cm³/mol. The molecule has 1 heterocycles. The summed E-state index contributed by atoms with van der Waals surface area (Å²) >= 11 is 0. The SMILES string of the molecule is CCC(=O)ONC(N)c1ccncc1. The summed E-state index contributed by atoms with van der Waals surface area (Å²) in [5, 5.41) is 0. The van der Waals surface area contributed by atoms with Crippen molar-refractivity contribution in [2.75, 3.05) is 0 Å². The maximum Gasteiger partial charge on any atom is 0.324 e. The summed E-state index contributed by atoms with van der Waals surface area (Å²) in [4.78, 5) is 19.3. The molecule has 76 valence electrons. The first-order valence-corrected chi connectivity index (χ1v) is 4.34.